The molecule has 3 aromatic rings. The number of aromatic amines is 1. The van der Waals surface area contributed by atoms with Crippen molar-refractivity contribution in [1.82, 2.24) is 9.55 Å². The molecule has 1 aliphatic heterocycles. The summed E-state index contributed by atoms with van der Waals surface area (Å²) < 4.78 is 12.9. The second-order valence-corrected chi connectivity index (χ2v) is 6.20. The molecule has 8 nitrogen and oxygen atoms in total. The Morgan fingerprint density at radius 2 is 2.00 bits per heavy atom. The number of nitrogens with two attached hydrogens (primary N) is 1. The van der Waals surface area contributed by atoms with Crippen LogP contribution in [0.5, 0.6) is 11.5 Å². The highest BCUT2D eigenvalue weighted by Gasteiger charge is 2.11. The molecule has 0 unspecified atom stereocenters. The van der Waals surface area contributed by atoms with Crippen molar-refractivity contribution in [3.8, 4) is 11.5 Å². The number of aliphatic imine (C=N–C) groups is 1. The third kappa shape index (κ3) is 3.74. The van der Waals surface area contributed by atoms with E-state index in [1.54, 1.807) is 4.57 Å². The fraction of sp³-hybridized carbons (Fsp3) is 0.263. The molecule has 0 saturated carbocycles. The zero-order chi connectivity index (χ0) is 18.6. The van der Waals surface area contributed by atoms with Gasteiger partial charge in [-0.2, -0.15) is 0 Å². The molecule has 0 fully saturated rings. The number of rotatable bonds is 4. The molecule has 4 rings (SSSR count). The topological polar surface area (TPSA) is 107 Å². The van der Waals surface area contributed by atoms with Gasteiger partial charge in [-0.05, 0) is 24.3 Å². The zero-order valence-electron chi connectivity index (χ0n) is 14.8. The van der Waals surface area contributed by atoms with Gasteiger partial charge in [0.1, 0.15) is 0 Å². The molecule has 0 aliphatic carbocycles. The number of H-pyrrole nitrogens is 1. The monoisotopic (exact) mass is 367 g/mol. The molecule has 8 heteroatoms. The minimum Gasteiger partial charge on any atom is -0.490 e. The van der Waals surface area contributed by atoms with Crippen molar-refractivity contribution in [2.75, 3.05) is 25.1 Å². The molecule has 4 N–H and O–H groups in total. The number of anilines is 1. The lowest BCUT2D eigenvalue weighted by Gasteiger charge is -2.10. The molecular formula is C19H21N5O3. The lowest BCUT2D eigenvalue weighted by molar-refractivity contribution is 0.297. The highest BCUT2D eigenvalue weighted by molar-refractivity contribution is 5.92. The molecule has 27 heavy (non-hydrogen) atoms. The van der Waals surface area contributed by atoms with Crippen LogP contribution in [-0.2, 0) is 6.54 Å². The van der Waals surface area contributed by atoms with Crippen molar-refractivity contribution >= 4 is 22.7 Å². The van der Waals surface area contributed by atoms with Crippen LogP contribution < -0.4 is 26.2 Å². The third-order valence-corrected chi connectivity index (χ3v) is 4.31. The second-order valence-electron chi connectivity index (χ2n) is 6.20. The molecule has 0 bridgehead atoms. The molecule has 0 spiro atoms. The van der Waals surface area contributed by atoms with E-state index in [2.05, 4.69) is 15.3 Å². The molecule has 1 aliphatic rings. The smallest absolute Gasteiger partial charge is 0.326 e. The second kappa shape index (κ2) is 7.45. The number of hydrogen-bond acceptors (Lipinski definition) is 4. The van der Waals surface area contributed by atoms with Gasteiger partial charge in [0.25, 0.3) is 0 Å². The highest BCUT2D eigenvalue weighted by atomic mass is 16.5. The first kappa shape index (κ1) is 17.0. The van der Waals surface area contributed by atoms with Gasteiger partial charge in [0.2, 0.25) is 0 Å². The maximum atomic E-state index is 12.1. The summed E-state index contributed by atoms with van der Waals surface area (Å²) >= 11 is 0. The zero-order valence-corrected chi connectivity index (χ0v) is 14.8. The Morgan fingerprint density at radius 3 is 2.89 bits per heavy atom. The Hall–Kier alpha value is -3.42. The predicted molar refractivity (Wildman–Crippen MR) is 105 cm³/mol. The standard InChI is InChI=1S/C19H21N5O3/c20-18(22-13-6-7-16-17(12-13)27-11-3-10-26-16)21-8-9-24-15-5-2-1-4-14(15)23-19(24)25/h1-2,4-7,12H,3,8-11H2,(H,23,25)(H3,20,21,22). The van der Waals surface area contributed by atoms with Crippen LogP contribution in [0.25, 0.3) is 11.0 Å². The molecule has 0 atom stereocenters. The van der Waals surface area contributed by atoms with Crippen LogP contribution in [0.4, 0.5) is 5.69 Å². The molecule has 0 amide bonds. The van der Waals surface area contributed by atoms with Crippen molar-refractivity contribution in [3.05, 3.63) is 52.9 Å². The number of guanidine groups is 1. The van der Waals surface area contributed by atoms with E-state index in [-0.39, 0.29) is 11.6 Å². The molecule has 0 saturated heterocycles. The summed E-state index contributed by atoms with van der Waals surface area (Å²) in [6.07, 6.45) is 0.855. The number of hydrogen-bond donors (Lipinski definition) is 3. The Balaban J connectivity index is 1.42. The molecule has 2 heterocycles. The molecule has 0 radical (unpaired) electrons. The molecule has 2 aromatic carbocycles. The minimum atomic E-state index is -0.152. The van der Waals surface area contributed by atoms with Gasteiger partial charge < -0.3 is 25.5 Å². The molecule has 1 aromatic heterocycles. The number of nitrogens with zero attached hydrogens (tertiary/aromatic N) is 2. The van der Waals surface area contributed by atoms with Crippen molar-refractivity contribution in [2.24, 2.45) is 10.7 Å². The van der Waals surface area contributed by atoms with Crippen LogP contribution in [0.15, 0.2) is 52.3 Å². The Kier molecular flexibility index (Phi) is 4.69. The summed E-state index contributed by atoms with van der Waals surface area (Å²) in [5.74, 6) is 1.69. The first-order valence-electron chi connectivity index (χ1n) is 8.85. The summed E-state index contributed by atoms with van der Waals surface area (Å²) in [7, 11) is 0. The number of benzene rings is 2. The minimum absolute atomic E-state index is 0.152. The van der Waals surface area contributed by atoms with E-state index in [9.17, 15) is 4.79 Å². The van der Waals surface area contributed by atoms with E-state index < -0.39 is 0 Å². The lowest BCUT2D eigenvalue weighted by atomic mass is 10.3. The number of para-hydroxylation sites is 2. The van der Waals surface area contributed by atoms with E-state index >= 15 is 0 Å². The van der Waals surface area contributed by atoms with Crippen LogP contribution in [0, 0.1) is 0 Å². The normalized spacial score (nSPS) is 14.1. The van der Waals surface area contributed by atoms with Gasteiger partial charge in [0.15, 0.2) is 17.5 Å². The fourth-order valence-electron chi connectivity index (χ4n) is 3.03. The van der Waals surface area contributed by atoms with Crippen LogP contribution in [0.3, 0.4) is 0 Å². The average Bonchev–Trinajstić information content (AvgIpc) is 2.83. The van der Waals surface area contributed by atoms with Gasteiger partial charge in [-0.1, -0.05) is 12.1 Å². The van der Waals surface area contributed by atoms with E-state index in [1.165, 1.54) is 0 Å². The molecular weight excluding hydrogens is 346 g/mol. The van der Waals surface area contributed by atoms with E-state index in [0.29, 0.717) is 32.1 Å². The van der Waals surface area contributed by atoms with E-state index in [4.69, 9.17) is 15.2 Å². The average molecular weight is 367 g/mol. The Bertz CT molecular complexity index is 1040. The van der Waals surface area contributed by atoms with Crippen LogP contribution in [0.1, 0.15) is 6.42 Å². The predicted octanol–water partition coefficient (Wildman–Crippen LogP) is 1.92. The van der Waals surface area contributed by atoms with Gasteiger partial charge >= 0.3 is 5.69 Å². The number of ether oxygens (including phenoxy) is 2. The summed E-state index contributed by atoms with van der Waals surface area (Å²) in [6.45, 7) is 2.09. The maximum absolute atomic E-state index is 12.1. The SMILES string of the molecule is NC(=NCCn1c(=O)[nH]c2ccccc21)Nc1ccc2c(c1)OCCCO2. The van der Waals surface area contributed by atoms with Gasteiger partial charge in [-0.3, -0.25) is 9.56 Å². The van der Waals surface area contributed by atoms with Crippen LogP contribution in [0.2, 0.25) is 0 Å². The largest absolute Gasteiger partial charge is 0.490 e. The summed E-state index contributed by atoms with van der Waals surface area (Å²) in [5, 5.41) is 3.04. The Morgan fingerprint density at radius 1 is 1.19 bits per heavy atom. The van der Waals surface area contributed by atoms with Crippen molar-refractivity contribution in [2.45, 2.75) is 13.0 Å². The van der Waals surface area contributed by atoms with Crippen molar-refractivity contribution in [1.29, 1.82) is 0 Å². The van der Waals surface area contributed by atoms with Gasteiger partial charge in [0.05, 0.1) is 30.8 Å². The molecule has 140 valence electrons. The van der Waals surface area contributed by atoms with Gasteiger partial charge in [0, 0.05) is 24.7 Å². The first-order chi connectivity index (χ1) is 13.2. The van der Waals surface area contributed by atoms with E-state index in [0.717, 1.165) is 28.9 Å². The number of fused-ring (bicyclic) bond motifs is 2. The van der Waals surface area contributed by atoms with Crippen molar-refractivity contribution < 1.29 is 9.47 Å². The lowest BCUT2D eigenvalue weighted by Crippen LogP contribution is -2.24. The number of aromatic nitrogens is 2. The number of imidazole rings is 1. The van der Waals surface area contributed by atoms with Gasteiger partial charge in [-0.25, -0.2) is 4.79 Å². The van der Waals surface area contributed by atoms with Crippen LogP contribution in [-0.4, -0.2) is 35.3 Å². The highest BCUT2D eigenvalue weighted by Crippen LogP contribution is 2.32. The maximum Gasteiger partial charge on any atom is 0.326 e. The fourth-order valence-corrected chi connectivity index (χ4v) is 3.03. The number of nitrogens with one attached hydrogen (secondary N) is 2. The summed E-state index contributed by atoms with van der Waals surface area (Å²) in [4.78, 5) is 19.2. The Labute approximate surface area is 155 Å². The van der Waals surface area contributed by atoms with E-state index in [1.807, 2.05) is 42.5 Å². The van der Waals surface area contributed by atoms with Crippen molar-refractivity contribution in [3.63, 3.8) is 0 Å². The van der Waals surface area contributed by atoms with Gasteiger partial charge in [-0.15, -0.1) is 0 Å². The summed E-state index contributed by atoms with van der Waals surface area (Å²) in [6, 6.07) is 13.1. The quantitative estimate of drug-likeness (QED) is 0.482. The van der Waals surface area contributed by atoms with Crippen LogP contribution >= 0.6 is 0 Å². The first-order valence-corrected chi connectivity index (χ1v) is 8.85. The summed E-state index contributed by atoms with van der Waals surface area (Å²) in [5.41, 5.74) is 8.25. The third-order valence-electron chi connectivity index (χ3n) is 4.31.